The number of carbonyl (C=O) groups excluding carboxylic acids is 1. The summed E-state index contributed by atoms with van der Waals surface area (Å²) in [6, 6.07) is 8.74. The molecule has 1 saturated heterocycles. The van der Waals surface area contributed by atoms with Crippen molar-refractivity contribution in [2.24, 2.45) is 23.5 Å². The molecule has 1 aliphatic heterocycles. The number of fused-ring (bicyclic) bond motifs is 2. The first-order chi connectivity index (χ1) is 12.5. The third-order valence-corrected chi connectivity index (χ3v) is 7.22. The molecule has 3 fully saturated rings. The van der Waals surface area contributed by atoms with E-state index in [0.717, 1.165) is 30.8 Å². The third-order valence-electron chi connectivity index (χ3n) is 6.97. The molecule has 2 aliphatic carbocycles. The first-order valence-electron chi connectivity index (χ1n) is 10.0. The Labute approximate surface area is 173 Å². The first kappa shape index (κ1) is 20.9. The monoisotopic (exact) mass is 411 g/mol. The Kier molecular flexibility index (Phi) is 6.73. The van der Waals surface area contributed by atoms with Crippen LogP contribution in [0.25, 0.3) is 0 Å². The van der Waals surface area contributed by atoms with E-state index < -0.39 is 0 Å². The predicted octanol–water partition coefficient (Wildman–Crippen LogP) is 3.78. The second kappa shape index (κ2) is 8.69. The molecular formula is C21H31Cl2N3O. The number of likely N-dealkylation sites (tertiary alicyclic amines) is 1. The Bertz CT molecular complexity index is 639. The van der Waals surface area contributed by atoms with Crippen molar-refractivity contribution in [3.63, 3.8) is 0 Å². The summed E-state index contributed by atoms with van der Waals surface area (Å²) in [7, 11) is 2.13. The van der Waals surface area contributed by atoms with Gasteiger partial charge in [0.15, 0.2) is 0 Å². The number of rotatable bonds is 3. The molecule has 4 atom stereocenters. The maximum absolute atomic E-state index is 13.0. The van der Waals surface area contributed by atoms with Crippen LogP contribution >= 0.6 is 24.0 Å². The first-order valence-corrected chi connectivity index (χ1v) is 10.4. The molecule has 1 amide bonds. The molecule has 1 heterocycles. The van der Waals surface area contributed by atoms with Gasteiger partial charge in [-0.2, -0.15) is 0 Å². The number of amides is 1. The van der Waals surface area contributed by atoms with Gasteiger partial charge in [0, 0.05) is 29.6 Å². The molecule has 0 radical (unpaired) electrons. The van der Waals surface area contributed by atoms with E-state index in [1.807, 2.05) is 12.1 Å². The Morgan fingerprint density at radius 3 is 2.41 bits per heavy atom. The largest absolute Gasteiger partial charge is 0.351 e. The summed E-state index contributed by atoms with van der Waals surface area (Å²) in [5.41, 5.74) is 7.61. The minimum absolute atomic E-state index is 0. The zero-order valence-corrected chi connectivity index (χ0v) is 17.5. The summed E-state index contributed by atoms with van der Waals surface area (Å²) >= 11 is 6.04. The number of nitrogens with zero attached hydrogens (tertiary/aromatic N) is 1. The molecule has 4 unspecified atom stereocenters. The zero-order valence-electron chi connectivity index (χ0n) is 15.9. The van der Waals surface area contributed by atoms with Gasteiger partial charge in [0.2, 0.25) is 5.91 Å². The predicted molar refractivity (Wildman–Crippen MR) is 112 cm³/mol. The van der Waals surface area contributed by atoms with E-state index in [9.17, 15) is 4.79 Å². The summed E-state index contributed by atoms with van der Waals surface area (Å²) in [5.74, 6) is 1.46. The van der Waals surface area contributed by atoms with Gasteiger partial charge in [-0.05, 0) is 68.7 Å². The van der Waals surface area contributed by atoms with E-state index >= 15 is 0 Å². The highest BCUT2D eigenvalue weighted by Gasteiger charge is 2.42. The summed E-state index contributed by atoms with van der Waals surface area (Å²) < 4.78 is 0. The van der Waals surface area contributed by atoms with Crippen LogP contribution in [0.4, 0.5) is 0 Å². The average Bonchev–Trinajstić information content (AvgIpc) is 2.96. The Balaban J connectivity index is 0.00000210. The fraction of sp³-hybridized carbons (Fsp3) is 0.667. The second-order valence-corrected chi connectivity index (χ2v) is 9.01. The smallest absolute Gasteiger partial charge is 0.223 e. The van der Waals surface area contributed by atoms with Gasteiger partial charge in [0.05, 0.1) is 6.04 Å². The van der Waals surface area contributed by atoms with Gasteiger partial charge >= 0.3 is 0 Å². The number of halogens is 2. The Morgan fingerprint density at radius 1 is 1.15 bits per heavy atom. The summed E-state index contributed by atoms with van der Waals surface area (Å²) in [4.78, 5) is 15.4. The van der Waals surface area contributed by atoms with Crippen LogP contribution in [0.5, 0.6) is 0 Å². The molecule has 1 aromatic carbocycles. The van der Waals surface area contributed by atoms with Gasteiger partial charge in [0.1, 0.15) is 0 Å². The minimum Gasteiger partial charge on any atom is -0.351 e. The van der Waals surface area contributed by atoms with Crippen LogP contribution in [0.1, 0.15) is 50.1 Å². The molecule has 4 rings (SSSR count). The molecule has 0 spiro atoms. The number of benzene rings is 1. The van der Waals surface area contributed by atoms with E-state index in [-0.39, 0.29) is 36.3 Å². The molecule has 2 bridgehead atoms. The van der Waals surface area contributed by atoms with Gasteiger partial charge < -0.3 is 11.1 Å². The molecule has 27 heavy (non-hydrogen) atoms. The van der Waals surface area contributed by atoms with Crippen molar-refractivity contribution in [3.05, 3.63) is 34.9 Å². The van der Waals surface area contributed by atoms with Crippen molar-refractivity contribution in [2.75, 3.05) is 13.6 Å². The van der Waals surface area contributed by atoms with Crippen LogP contribution < -0.4 is 11.1 Å². The van der Waals surface area contributed by atoms with Crippen molar-refractivity contribution < 1.29 is 4.79 Å². The highest BCUT2D eigenvalue weighted by Crippen LogP contribution is 2.42. The van der Waals surface area contributed by atoms with Crippen LogP contribution in [0, 0.1) is 17.8 Å². The fourth-order valence-corrected chi connectivity index (χ4v) is 5.67. The van der Waals surface area contributed by atoms with Crippen molar-refractivity contribution in [3.8, 4) is 0 Å². The van der Waals surface area contributed by atoms with E-state index in [1.165, 1.54) is 24.8 Å². The van der Waals surface area contributed by atoms with Crippen molar-refractivity contribution in [1.29, 1.82) is 0 Å². The van der Waals surface area contributed by atoms with Gasteiger partial charge in [-0.25, -0.2) is 0 Å². The Hall–Kier alpha value is -0.810. The summed E-state index contributed by atoms with van der Waals surface area (Å²) in [6.07, 6.45) is 6.61. The molecule has 2 saturated carbocycles. The van der Waals surface area contributed by atoms with Crippen LogP contribution in [0.15, 0.2) is 24.3 Å². The molecule has 4 nitrogen and oxygen atoms in total. The number of hydrogen-bond donors (Lipinski definition) is 2. The van der Waals surface area contributed by atoms with Gasteiger partial charge in [-0.3, -0.25) is 9.69 Å². The van der Waals surface area contributed by atoms with Gasteiger partial charge in [0.25, 0.3) is 0 Å². The minimum atomic E-state index is 0. The molecule has 3 aliphatic rings. The number of nitrogens with one attached hydrogen (secondary N) is 1. The fourth-order valence-electron chi connectivity index (χ4n) is 5.55. The SMILES string of the molecule is CN1CCC(NC(=O)C2CC3CCCC(C2)C3N)C1c1ccc(Cl)cc1.Cl. The summed E-state index contributed by atoms with van der Waals surface area (Å²) in [5, 5.41) is 4.14. The maximum atomic E-state index is 13.0. The normalized spacial score (nSPS) is 36.1. The van der Waals surface area contributed by atoms with Gasteiger partial charge in [-0.1, -0.05) is 30.2 Å². The van der Waals surface area contributed by atoms with Crippen molar-refractivity contribution in [2.45, 2.75) is 56.7 Å². The number of hydrogen-bond acceptors (Lipinski definition) is 3. The van der Waals surface area contributed by atoms with E-state index in [4.69, 9.17) is 17.3 Å². The van der Waals surface area contributed by atoms with Crippen molar-refractivity contribution >= 4 is 29.9 Å². The molecule has 3 N–H and O–H groups in total. The van der Waals surface area contributed by atoms with Crippen LogP contribution in [0.3, 0.4) is 0 Å². The van der Waals surface area contributed by atoms with Crippen molar-refractivity contribution in [1.82, 2.24) is 10.2 Å². The topological polar surface area (TPSA) is 58.4 Å². The van der Waals surface area contributed by atoms with Crippen LogP contribution in [0.2, 0.25) is 5.02 Å². The van der Waals surface area contributed by atoms with Gasteiger partial charge in [-0.15, -0.1) is 12.4 Å². The second-order valence-electron chi connectivity index (χ2n) is 8.58. The van der Waals surface area contributed by atoms with E-state index in [2.05, 4.69) is 29.4 Å². The van der Waals surface area contributed by atoms with Crippen LogP contribution in [-0.4, -0.2) is 36.5 Å². The summed E-state index contributed by atoms with van der Waals surface area (Å²) in [6.45, 7) is 0.999. The lowest BCUT2D eigenvalue weighted by Gasteiger charge is -2.43. The van der Waals surface area contributed by atoms with Crippen LogP contribution in [-0.2, 0) is 4.79 Å². The number of likely N-dealkylation sites (N-methyl/N-ethyl adjacent to an activating group) is 1. The zero-order chi connectivity index (χ0) is 18.3. The molecule has 1 aromatic rings. The molecule has 6 heteroatoms. The highest BCUT2D eigenvalue weighted by atomic mass is 35.5. The lowest BCUT2D eigenvalue weighted by atomic mass is 9.65. The number of carbonyl (C=O) groups is 1. The highest BCUT2D eigenvalue weighted by molar-refractivity contribution is 6.30. The Morgan fingerprint density at radius 2 is 1.78 bits per heavy atom. The lowest BCUT2D eigenvalue weighted by molar-refractivity contribution is -0.128. The average molecular weight is 412 g/mol. The third kappa shape index (κ3) is 4.29. The maximum Gasteiger partial charge on any atom is 0.223 e. The number of nitrogens with two attached hydrogens (primary N) is 1. The quantitative estimate of drug-likeness (QED) is 0.795. The van der Waals surface area contributed by atoms with E-state index in [0.29, 0.717) is 17.9 Å². The van der Waals surface area contributed by atoms with E-state index in [1.54, 1.807) is 0 Å². The molecule has 150 valence electrons. The standard InChI is InChI=1S/C21H30ClN3O.ClH/c1-25-10-9-18(20(25)13-5-7-17(22)8-6-13)24-21(26)16-11-14-3-2-4-15(12-16)19(14)23;/h5-8,14-16,18-20H,2-4,9-12,23H2,1H3,(H,24,26);1H. The molecular weight excluding hydrogens is 381 g/mol. The lowest BCUT2D eigenvalue weighted by Crippen LogP contribution is -2.50. The molecule has 0 aromatic heterocycles.